The van der Waals surface area contributed by atoms with Crippen LogP contribution in [-0.4, -0.2) is 31.5 Å². The van der Waals surface area contributed by atoms with Crippen molar-refractivity contribution < 1.29 is 26.4 Å². The molecule has 2 aromatic rings. The Labute approximate surface area is 189 Å². The van der Waals surface area contributed by atoms with Gasteiger partial charge in [-0.1, -0.05) is 25.4 Å². The number of rotatable bonds is 5. The molecule has 1 aromatic heterocycles. The molecule has 1 aromatic carbocycles. The first-order valence-corrected chi connectivity index (χ1v) is 11.8. The van der Waals surface area contributed by atoms with Crippen LogP contribution in [0.2, 0.25) is 5.02 Å². The number of carbonyl (C=O) groups is 1. The zero-order valence-electron chi connectivity index (χ0n) is 17.7. The molecule has 32 heavy (non-hydrogen) atoms. The molecule has 0 saturated carbocycles. The van der Waals surface area contributed by atoms with Crippen LogP contribution in [-0.2, 0) is 17.3 Å². The number of nitrogens with one attached hydrogen (secondary N) is 2. The lowest BCUT2D eigenvalue weighted by atomic mass is 10.0. The van der Waals surface area contributed by atoms with Crippen LogP contribution in [0.15, 0.2) is 24.4 Å². The Bertz CT molecular complexity index is 1120. The molecule has 1 fully saturated rings. The summed E-state index contributed by atoms with van der Waals surface area (Å²) in [4.78, 5) is 12.8. The summed E-state index contributed by atoms with van der Waals surface area (Å²) in [5, 5.41) is 2.30. The highest BCUT2D eigenvalue weighted by molar-refractivity contribution is 7.90. The van der Waals surface area contributed by atoms with Gasteiger partial charge < -0.3 is 9.88 Å². The fourth-order valence-corrected chi connectivity index (χ4v) is 5.69. The predicted octanol–water partition coefficient (Wildman–Crippen LogP) is 4.47. The maximum atomic E-state index is 13.5. The third-order valence-electron chi connectivity index (χ3n) is 5.35. The predicted molar refractivity (Wildman–Crippen MR) is 117 cm³/mol. The molecule has 1 saturated heterocycles. The summed E-state index contributed by atoms with van der Waals surface area (Å²) in [7, 11) is -2.40. The summed E-state index contributed by atoms with van der Waals surface area (Å²) in [6.07, 6.45) is -0.384. The van der Waals surface area contributed by atoms with E-state index in [0.29, 0.717) is 12.8 Å². The van der Waals surface area contributed by atoms with E-state index in [2.05, 4.69) is 10.0 Å². The van der Waals surface area contributed by atoms with Crippen molar-refractivity contribution in [3.8, 4) is 0 Å². The molecule has 1 aliphatic rings. The zero-order valence-corrected chi connectivity index (χ0v) is 19.3. The van der Waals surface area contributed by atoms with E-state index in [0.717, 1.165) is 22.5 Å². The van der Waals surface area contributed by atoms with Gasteiger partial charge in [0, 0.05) is 31.5 Å². The number of benzene rings is 1. The molecular weight excluding hydrogens is 469 g/mol. The molecule has 1 amide bonds. The van der Waals surface area contributed by atoms with Gasteiger partial charge in [0.15, 0.2) is 0 Å². The van der Waals surface area contributed by atoms with Crippen molar-refractivity contribution in [2.75, 3.05) is 16.2 Å². The fourth-order valence-electron chi connectivity index (χ4n) is 3.60. The number of amides is 1. The largest absolute Gasteiger partial charge is 0.343 e. The summed E-state index contributed by atoms with van der Waals surface area (Å²) in [6.45, 7) is 4.03. The van der Waals surface area contributed by atoms with Gasteiger partial charge in [-0.15, -0.1) is 0 Å². The Morgan fingerprint density at radius 2 is 2.00 bits per heavy atom. The van der Waals surface area contributed by atoms with Crippen molar-refractivity contribution in [1.29, 1.82) is 0 Å². The normalized spacial score (nSPS) is 18.8. The van der Waals surface area contributed by atoms with E-state index >= 15 is 0 Å². The Hall–Kier alpha value is -2.24. The molecule has 3 rings (SSSR count). The SMILES string of the molecule is CC(C)C1CCCN(c2cn(C)c(C(=O)Nc3ccc(F)c(C(F)F)c3)c2Cl)S(=O)(=O)N1. The third kappa shape index (κ3) is 4.89. The Morgan fingerprint density at radius 3 is 2.62 bits per heavy atom. The van der Waals surface area contributed by atoms with Crippen molar-refractivity contribution in [3.05, 3.63) is 46.5 Å². The van der Waals surface area contributed by atoms with Crippen molar-refractivity contribution in [1.82, 2.24) is 9.29 Å². The van der Waals surface area contributed by atoms with E-state index in [1.807, 2.05) is 13.8 Å². The number of hydrogen-bond donors (Lipinski definition) is 2. The number of anilines is 2. The number of halogens is 4. The second-order valence-electron chi connectivity index (χ2n) is 7.97. The van der Waals surface area contributed by atoms with Crippen LogP contribution in [0.3, 0.4) is 0 Å². The van der Waals surface area contributed by atoms with Crippen LogP contribution >= 0.6 is 11.6 Å². The number of nitrogens with zero attached hydrogens (tertiary/aromatic N) is 2. The maximum absolute atomic E-state index is 13.5. The van der Waals surface area contributed by atoms with Gasteiger partial charge in [-0.25, -0.2) is 13.2 Å². The molecule has 0 aliphatic carbocycles. The van der Waals surface area contributed by atoms with Crippen molar-refractivity contribution in [2.45, 2.75) is 39.2 Å². The molecule has 2 N–H and O–H groups in total. The molecule has 0 spiro atoms. The topological polar surface area (TPSA) is 83.4 Å². The molecule has 0 radical (unpaired) electrons. The van der Waals surface area contributed by atoms with Crippen LogP contribution < -0.4 is 14.3 Å². The Kier molecular flexibility index (Phi) is 7.11. The van der Waals surface area contributed by atoms with Gasteiger partial charge in [0.1, 0.15) is 11.5 Å². The number of aryl methyl sites for hydroxylation is 1. The summed E-state index contributed by atoms with van der Waals surface area (Å²) in [6, 6.07) is 2.59. The van der Waals surface area contributed by atoms with E-state index in [1.54, 1.807) is 0 Å². The summed E-state index contributed by atoms with van der Waals surface area (Å²) < 4.78 is 70.4. The minimum absolute atomic E-state index is 0.0469. The molecule has 12 heteroatoms. The lowest BCUT2D eigenvalue weighted by molar-refractivity contribution is 0.101. The number of aromatic nitrogens is 1. The third-order valence-corrected chi connectivity index (χ3v) is 7.28. The molecule has 7 nitrogen and oxygen atoms in total. The molecule has 1 aliphatic heterocycles. The van der Waals surface area contributed by atoms with E-state index in [9.17, 15) is 26.4 Å². The molecule has 2 heterocycles. The standard InChI is InChI=1S/C20H24ClF3N4O3S/c1-11(2)15-5-4-8-28(32(30,31)26-15)16-10-27(3)18(17(16)21)20(29)25-12-6-7-14(22)13(9-12)19(23)24/h6-7,9-11,15,19,26H,4-5,8H2,1-3H3,(H,25,29). The highest BCUT2D eigenvalue weighted by atomic mass is 35.5. The maximum Gasteiger partial charge on any atom is 0.301 e. The average molecular weight is 493 g/mol. The minimum atomic E-state index is -3.91. The number of alkyl halides is 2. The summed E-state index contributed by atoms with van der Waals surface area (Å²) in [5.74, 6) is -1.74. The Balaban J connectivity index is 1.91. The van der Waals surface area contributed by atoms with E-state index in [-0.39, 0.29) is 40.6 Å². The van der Waals surface area contributed by atoms with E-state index in [1.165, 1.54) is 17.8 Å². The zero-order chi connectivity index (χ0) is 23.8. The van der Waals surface area contributed by atoms with Crippen molar-refractivity contribution >= 4 is 39.1 Å². The summed E-state index contributed by atoms with van der Waals surface area (Å²) >= 11 is 6.41. The highest BCUT2D eigenvalue weighted by Gasteiger charge is 2.34. The number of carbonyl (C=O) groups excluding carboxylic acids is 1. The van der Waals surface area contributed by atoms with Crippen molar-refractivity contribution in [3.63, 3.8) is 0 Å². The van der Waals surface area contributed by atoms with E-state index < -0.39 is 33.9 Å². The second kappa shape index (κ2) is 9.32. The van der Waals surface area contributed by atoms with Gasteiger partial charge in [-0.2, -0.15) is 13.1 Å². The Morgan fingerprint density at radius 1 is 1.31 bits per heavy atom. The molecule has 0 bridgehead atoms. The second-order valence-corrected chi connectivity index (χ2v) is 9.97. The van der Waals surface area contributed by atoms with Gasteiger partial charge in [-0.3, -0.25) is 9.10 Å². The van der Waals surface area contributed by atoms with Crippen LogP contribution in [0.4, 0.5) is 24.5 Å². The quantitative estimate of drug-likeness (QED) is 0.646. The van der Waals surface area contributed by atoms with Gasteiger partial charge in [0.2, 0.25) is 0 Å². The monoisotopic (exact) mass is 492 g/mol. The smallest absolute Gasteiger partial charge is 0.301 e. The van der Waals surface area contributed by atoms with Gasteiger partial charge in [-0.05, 0) is 37.0 Å². The van der Waals surface area contributed by atoms with Crippen LogP contribution in [0.1, 0.15) is 49.2 Å². The summed E-state index contributed by atoms with van der Waals surface area (Å²) in [5.41, 5.74) is -0.828. The van der Waals surface area contributed by atoms with Crippen molar-refractivity contribution in [2.24, 2.45) is 13.0 Å². The molecule has 176 valence electrons. The molecule has 1 atom stereocenters. The lowest BCUT2D eigenvalue weighted by Gasteiger charge is -2.23. The average Bonchev–Trinajstić information content (AvgIpc) is 2.87. The van der Waals surface area contributed by atoms with Gasteiger partial charge >= 0.3 is 10.2 Å². The highest BCUT2D eigenvalue weighted by Crippen LogP contribution is 2.35. The number of hydrogen-bond acceptors (Lipinski definition) is 3. The minimum Gasteiger partial charge on any atom is -0.343 e. The van der Waals surface area contributed by atoms with Crippen LogP contribution in [0, 0.1) is 11.7 Å². The van der Waals surface area contributed by atoms with Crippen LogP contribution in [0.25, 0.3) is 0 Å². The molecular formula is C20H24ClF3N4O3S. The van der Waals surface area contributed by atoms with Crippen LogP contribution in [0.5, 0.6) is 0 Å². The van der Waals surface area contributed by atoms with Gasteiger partial charge in [0.25, 0.3) is 12.3 Å². The van der Waals surface area contributed by atoms with Gasteiger partial charge in [0.05, 0.1) is 16.3 Å². The molecule has 1 unspecified atom stereocenters. The first-order valence-electron chi connectivity index (χ1n) is 9.96. The first kappa shape index (κ1) is 24.4. The first-order chi connectivity index (χ1) is 14.9. The fraction of sp³-hybridized carbons (Fsp3) is 0.450. The lowest BCUT2D eigenvalue weighted by Crippen LogP contribution is -2.44. The van der Waals surface area contributed by atoms with E-state index in [4.69, 9.17) is 11.6 Å².